The van der Waals surface area contributed by atoms with Gasteiger partial charge in [0, 0.05) is 6.07 Å². The quantitative estimate of drug-likeness (QED) is 0.451. The van der Waals surface area contributed by atoms with Gasteiger partial charge in [-0.15, -0.1) is 11.3 Å². The van der Waals surface area contributed by atoms with E-state index in [2.05, 4.69) is 9.47 Å². The maximum atomic E-state index is 11.2. The predicted octanol–water partition coefficient (Wildman–Crippen LogP) is 1.23. The maximum absolute atomic E-state index is 11.2. The van der Waals surface area contributed by atoms with E-state index >= 15 is 0 Å². The van der Waals surface area contributed by atoms with Gasteiger partial charge in [0.15, 0.2) is 4.88 Å². The highest BCUT2D eigenvalue weighted by atomic mass is 32.1. The molecule has 1 aromatic rings. The molecule has 0 saturated heterocycles. The number of rotatable bonds is 3. The Labute approximate surface area is 93.7 Å². The summed E-state index contributed by atoms with van der Waals surface area (Å²) in [6.07, 6.45) is 0. The maximum Gasteiger partial charge on any atom is 0.355 e. The number of carbonyl (C=O) groups is 2. The van der Waals surface area contributed by atoms with E-state index in [0.29, 0.717) is 11.3 Å². The molecule has 0 atom stereocenters. The second-order valence-electron chi connectivity index (χ2n) is 2.57. The molecular weight excluding hydrogens is 238 g/mol. The van der Waals surface area contributed by atoms with Gasteiger partial charge in [0.2, 0.25) is 0 Å². The van der Waals surface area contributed by atoms with E-state index in [1.807, 2.05) is 0 Å². The third-order valence-electron chi connectivity index (χ3n) is 1.67. The van der Waals surface area contributed by atoms with Crippen LogP contribution in [0.15, 0.2) is 6.07 Å². The van der Waals surface area contributed by atoms with Gasteiger partial charge in [-0.3, -0.25) is 10.1 Å². The molecule has 0 unspecified atom stereocenters. The van der Waals surface area contributed by atoms with Crippen molar-refractivity contribution in [2.45, 2.75) is 0 Å². The Bertz CT molecular complexity index is 451. The van der Waals surface area contributed by atoms with Crippen LogP contribution in [0, 0.1) is 10.1 Å². The van der Waals surface area contributed by atoms with E-state index in [-0.39, 0.29) is 9.75 Å². The molecule has 0 aliphatic heterocycles. The van der Waals surface area contributed by atoms with Gasteiger partial charge in [-0.2, -0.15) is 0 Å². The first-order chi connectivity index (χ1) is 7.51. The van der Waals surface area contributed by atoms with Gasteiger partial charge in [0.05, 0.1) is 19.1 Å². The van der Waals surface area contributed by atoms with Crippen molar-refractivity contribution in [3.8, 4) is 0 Å². The topological polar surface area (TPSA) is 95.7 Å². The number of methoxy groups -OCH3 is 2. The fraction of sp³-hybridized carbons (Fsp3) is 0.250. The van der Waals surface area contributed by atoms with Gasteiger partial charge < -0.3 is 9.47 Å². The fourth-order valence-corrected chi connectivity index (χ4v) is 1.92. The average Bonchev–Trinajstić information content (AvgIpc) is 2.71. The number of esters is 2. The SMILES string of the molecule is COC(=O)c1cc([N+](=O)[O-])c(C(=O)OC)s1. The molecule has 0 radical (unpaired) electrons. The summed E-state index contributed by atoms with van der Waals surface area (Å²) in [5.41, 5.74) is -0.461. The van der Waals surface area contributed by atoms with Crippen LogP contribution in [0.1, 0.15) is 19.3 Å². The molecule has 0 aromatic carbocycles. The van der Waals surface area contributed by atoms with E-state index in [0.717, 1.165) is 20.3 Å². The predicted molar refractivity (Wildman–Crippen MR) is 53.7 cm³/mol. The van der Waals surface area contributed by atoms with Gasteiger partial charge in [0.1, 0.15) is 4.88 Å². The van der Waals surface area contributed by atoms with Crippen LogP contribution in [0.3, 0.4) is 0 Å². The van der Waals surface area contributed by atoms with E-state index < -0.39 is 22.5 Å². The standard InChI is InChI=1S/C8H7NO6S/c1-14-7(10)5-3-4(9(12)13)6(16-5)8(11)15-2/h3H,1-2H3. The van der Waals surface area contributed by atoms with E-state index in [1.54, 1.807) is 0 Å². The zero-order valence-corrected chi connectivity index (χ0v) is 9.20. The number of carbonyl (C=O) groups excluding carboxylic acids is 2. The first-order valence-electron chi connectivity index (χ1n) is 3.96. The molecule has 86 valence electrons. The van der Waals surface area contributed by atoms with Crippen LogP contribution >= 0.6 is 11.3 Å². The van der Waals surface area contributed by atoms with Crippen LogP contribution < -0.4 is 0 Å². The minimum absolute atomic E-state index is 0.0189. The molecule has 7 nitrogen and oxygen atoms in total. The Hall–Kier alpha value is -1.96. The number of thiophene rings is 1. The zero-order valence-electron chi connectivity index (χ0n) is 8.38. The Morgan fingerprint density at radius 3 is 2.31 bits per heavy atom. The summed E-state index contributed by atoms with van der Waals surface area (Å²) in [4.78, 5) is 31.9. The van der Waals surface area contributed by atoms with E-state index in [9.17, 15) is 19.7 Å². The molecule has 1 heterocycles. The molecule has 16 heavy (non-hydrogen) atoms. The molecular formula is C8H7NO6S. The summed E-state index contributed by atoms with van der Waals surface area (Å²) in [5, 5.41) is 10.6. The molecule has 1 aromatic heterocycles. The molecule has 1 rings (SSSR count). The van der Waals surface area contributed by atoms with Crippen LogP contribution in [-0.4, -0.2) is 31.1 Å². The van der Waals surface area contributed by atoms with Crippen molar-refractivity contribution in [3.05, 3.63) is 25.9 Å². The molecule has 0 aliphatic carbocycles. The summed E-state index contributed by atoms with van der Waals surface area (Å²) in [5.74, 6) is -1.59. The minimum Gasteiger partial charge on any atom is -0.465 e. The monoisotopic (exact) mass is 245 g/mol. The second-order valence-corrected chi connectivity index (χ2v) is 3.62. The van der Waals surface area contributed by atoms with Gasteiger partial charge in [-0.05, 0) is 0 Å². The van der Waals surface area contributed by atoms with E-state index in [4.69, 9.17) is 0 Å². The van der Waals surface area contributed by atoms with Crippen LogP contribution in [0.25, 0.3) is 0 Å². The van der Waals surface area contributed by atoms with Crippen molar-refractivity contribution in [2.24, 2.45) is 0 Å². The highest BCUT2D eigenvalue weighted by Crippen LogP contribution is 2.30. The van der Waals surface area contributed by atoms with Crippen molar-refractivity contribution >= 4 is 29.0 Å². The lowest BCUT2D eigenvalue weighted by molar-refractivity contribution is -0.384. The summed E-state index contributed by atoms with van der Waals surface area (Å²) in [7, 11) is 2.25. The Morgan fingerprint density at radius 2 is 1.88 bits per heavy atom. The molecule has 0 fully saturated rings. The van der Waals surface area contributed by atoms with Gasteiger partial charge in [-0.1, -0.05) is 0 Å². The van der Waals surface area contributed by atoms with Crippen LogP contribution in [0.4, 0.5) is 5.69 Å². The number of hydrogen-bond donors (Lipinski definition) is 0. The Kier molecular flexibility index (Phi) is 3.56. The van der Waals surface area contributed by atoms with Crippen LogP contribution in [0.2, 0.25) is 0 Å². The average molecular weight is 245 g/mol. The first-order valence-corrected chi connectivity index (χ1v) is 4.77. The van der Waals surface area contributed by atoms with Gasteiger partial charge >= 0.3 is 11.9 Å². The van der Waals surface area contributed by atoms with Crippen LogP contribution in [0.5, 0.6) is 0 Å². The normalized spacial score (nSPS) is 9.62. The van der Waals surface area contributed by atoms with Crippen molar-refractivity contribution in [1.82, 2.24) is 0 Å². The van der Waals surface area contributed by atoms with E-state index in [1.165, 1.54) is 0 Å². The lowest BCUT2D eigenvalue weighted by Gasteiger charge is -1.93. The summed E-state index contributed by atoms with van der Waals surface area (Å²) < 4.78 is 8.76. The number of ether oxygens (including phenoxy) is 2. The molecule has 0 bridgehead atoms. The molecule has 0 spiro atoms. The zero-order chi connectivity index (χ0) is 12.3. The van der Waals surface area contributed by atoms with Gasteiger partial charge in [0.25, 0.3) is 5.69 Å². The smallest absolute Gasteiger partial charge is 0.355 e. The number of nitrogens with zero attached hydrogens (tertiary/aromatic N) is 1. The highest BCUT2D eigenvalue weighted by molar-refractivity contribution is 7.16. The first kappa shape index (κ1) is 12.1. The Morgan fingerprint density at radius 1 is 1.31 bits per heavy atom. The largest absolute Gasteiger partial charge is 0.465 e. The van der Waals surface area contributed by atoms with Gasteiger partial charge in [-0.25, -0.2) is 9.59 Å². The van der Waals surface area contributed by atoms with Crippen LogP contribution in [-0.2, 0) is 9.47 Å². The number of hydrogen-bond acceptors (Lipinski definition) is 7. The third kappa shape index (κ3) is 2.16. The third-order valence-corrected chi connectivity index (χ3v) is 2.75. The summed E-state index contributed by atoms with van der Waals surface area (Å²) in [6, 6.07) is 0.989. The molecule has 0 saturated carbocycles. The minimum atomic E-state index is -0.855. The molecule has 8 heteroatoms. The summed E-state index contributed by atoms with van der Waals surface area (Å²) >= 11 is 0.662. The van der Waals surface area contributed by atoms with Crippen molar-refractivity contribution in [3.63, 3.8) is 0 Å². The number of nitro groups is 1. The molecule has 0 aliphatic rings. The fourth-order valence-electron chi connectivity index (χ4n) is 0.957. The molecule has 0 amide bonds. The Balaban J connectivity index is 3.25. The lowest BCUT2D eigenvalue weighted by Crippen LogP contribution is -2.01. The van der Waals surface area contributed by atoms with Crippen molar-refractivity contribution < 1.29 is 24.0 Å². The second kappa shape index (κ2) is 4.71. The van der Waals surface area contributed by atoms with Crippen molar-refractivity contribution in [2.75, 3.05) is 14.2 Å². The summed E-state index contributed by atoms with van der Waals surface area (Å²) in [6.45, 7) is 0. The van der Waals surface area contributed by atoms with Crippen molar-refractivity contribution in [1.29, 1.82) is 0 Å². The molecule has 0 N–H and O–H groups in total. The highest BCUT2D eigenvalue weighted by Gasteiger charge is 2.27. The lowest BCUT2D eigenvalue weighted by atomic mass is 10.3.